The van der Waals surface area contributed by atoms with Crippen LogP contribution in [0.2, 0.25) is 28.2 Å². The van der Waals surface area contributed by atoms with Gasteiger partial charge >= 0.3 is 12.1 Å². The van der Waals surface area contributed by atoms with E-state index in [2.05, 4.69) is 78.7 Å². The van der Waals surface area contributed by atoms with E-state index in [1.54, 1.807) is 23.2 Å². The van der Waals surface area contributed by atoms with E-state index < -0.39 is 8.32 Å². The lowest BCUT2D eigenvalue weighted by Crippen LogP contribution is -2.43. The Hall–Kier alpha value is -4.07. The SMILES string of the molecule is C1CCOC1.CC(C)(C)[Si](C)(C)Oc1ccc(NC(=O)N2CCC(c3ccc(Cl)cc3)CC2)nc1.Cl.O=C(Nc1ccc(O)cn1)N1CCC(c2ccc(Cl)cc2)CC1. The van der Waals surface area contributed by atoms with Crippen LogP contribution in [0.5, 0.6) is 11.5 Å². The van der Waals surface area contributed by atoms with E-state index in [-0.39, 0.29) is 35.3 Å². The van der Waals surface area contributed by atoms with Crippen LogP contribution < -0.4 is 15.1 Å². The largest absolute Gasteiger partial charge is 0.542 e. The monoisotopic (exact) mass is 884 g/mol. The molecule has 0 aliphatic carbocycles. The zero-order valence-corrected chi connectivity index (χ0v) is 38.1. The molecule has 7 rings (SSSR count). The molecule has 4 aromatic rings. The number of urea groups is 2. The molecule has 3 saturated heterocycles. The number of amides is 4. The van der Waals surface area contributed by atoms with Gasteiger partial charge in [0.15, 0.2) is 0 Å². The normalized spacial score (nSPS) is 16.1. The van der Waals surface area contributed by atoms with Crippen LogP contribution in [-0.2, 0) is 4.74 Å². The highest BCUT2D eigenvalue weighted by atomic mass is 35.5. The van der Waals surface area contributed by atoms with Crippen molar-refractivity contribution in [2.24, 2.45) is 0 Å². The number of aromatic hydroxyl groups is 1. The van der Waals surface area contributed by atoms with Gasteiger partial charge in [0.1, 0.15) is 23.1 Å². The van der Waals surface area contributed by atoms with Crippen LogP contribution in [0.4, 0.5) is 21.2 Å². The number of nitrogens with zero attached hydrogens (tertiary/aromatic N) is 4. The summed E-state index contributed by atoms with van der Waals surface area (Å²) in [6, 6.07) is 22.5. The standard InChI is InChI=1S/C23H32ClN3O2Si.C17H18ClN3O2.C4H8O.ClH/c1-23(2,3)30(4,5)29-20-10-11-21(25-16-20)26-22(28)27-14-12-18(13-15-27)17-6-8-19(24)9-7-17;18-14-3-1-12(2-4-14)13-7-9-21(10-8-13)17(23)20-16-6-5-15(22)11-19-16;1-2-4-5-3-1;/h6-11,16,18H,12-15H2,1-5H3,(H,25,26,28);1-6,11,13,22H,7-10H2,(H,19,20,23);1-4H2;1H. The molecule has 0 unspecified atom stereocenters. The molecule has 59 heavy (non-hydrogen) atoms. The highest BCUT2D eigenvalue weighted by Gasteiger charge is 2.39. The molecule has 320 valence electrons. The number of anilines is 2. The van der Waals surface area contributed by atoms with Gasteiger partial charge in [-0.05, 0) is 128 Å². The van der Waals surface area contributed by atoms with Crippen molar-refractivity contribution >= 4 is 67.6 Å². The Morgan fingerprint density at radius 1 is 0.712 bits per heavy atom. The molecule has 0 atom stereocenters. The number of nitrogens with one attached hydrogen (secondary N) is 2. The van der Waals surface area contributed by atoms with Crippen LogP contribution in [-0.4, -0.2) is 84.6 Å². The number of halogens is 3. The van der Waals surface area contributed by atoms with Crippen molar-refractivity contribution in [2.75, 3.05) is 50.0 Å². The zero-order chi connectivity index (χ0) is 41.7. The Labute approximate surface area is 366 Å². The van der Waals surface area contributed by atoms with E-state index in [1.807, 2.05) is 35.2 Å². The van der Waals surface area contributed by atoms with Gasteiger partial charge in [-0.2, -0.15) is 0 Å². The fraction of sp³-hybridized carbons (Fsp3) is 0.455. The quantitative estimate of drug-likeness (QED) is 0.164. The van der Waals surface area contributed by atoms with Gasteiger partial charge < -0.3 is 24.1 Å². The first-order valence-corrected chi connectivity index (χ1v) is 23.8. The zero-order valence-electron chi connectivity index (χ0n) is 34.8. The second-order valence-electron chi connectivity index (χ2n) is 16.4. The molecule has 0 bridgehead atoms. The lowest BCUT2D eigenvalue weighted by atomic mass is 9.90. The van der Waals surface area contributed by atoms with E-state index >= 15 is 0 Å². The second-order valence-corrected chi connectivity index (χ2v) is 22.0. The summed E-state index contributed by atoms with van der Waals surface area (Å²) in [5.41, 5.74) is 2.56. The molecule has 0 radical (unpaired) electrons. The van der Waals surface area contributed by atoms with Crippen molar-refractivity contribution in [3.63, 3.8) is 0 Å². The summed E-state index contributed by atoms with van der Waals surface area (Å²) in [7, 11) is -1.90. The maximum absolute atomic E-state index is 12.6. The van der Waals surface area contributed by atoms with Crippen molar-refractivity contribution in [1.29, 1.82) is 0 Å². The summed E-state index contributed by atoms with van der Waals surface area (Å²) < 4.78 is 11.2. The fourth-order valence-electron chi connectivity index (χ4n) is 6.61. The number of carbonyl (C=O) groups excluding carboxylic acids is 2. The minimum atomic E-state index is -1.90. The molecule has 0 spiro atoms. The molecule has 3 fully saturated rings. The van der Waals surface area contributed by atoms with Gasteiger partial charge in [0, 0.05) is 49.4 Å². The van der Waals surface area contributed by atoms with Gasteiger partial charge in [0.2, 0.25) is 0 Å². The summed E-state index contributed by atoms with van der Waals surface area (Å²) in [5.74, 6) is 2.74. The Morgan fingerprint density at radius 3 is 1.47 bits per heavy atom. The minimum absolute atomic E-state index is 0. The molecule has 3 aliphatic rings. The fourth-order valence-corrected chi connectivity index (χ4v) is 7.88. The van der Waals surface area contributed by atoms with Crippen LogP contribution in [0.1, 0.15) is 82.3 Å². The predicted molar refractivity (Wildman–Crippen MR) is 243 cm³/mol. The van der Waals surface area contributed by atoms with Crippen molar-refractivity contribution < 1.29 is 23.9 Å². The molecule has 5 heterocycles. The molecular weight excluding hydrogens is 827 g/mol. The molecule has 4 amide bonds. The number of rotatable bonds is 6. The van der Waals surface area contributed by atoms with Gasteiger partial charge in [-0.15, -0.1) is 12.4 Å². The van der Waals surface area contributed by atoms with Gasteiger partial charge in [-0.25, -0.2) is 19.6 Å². The number of piperidine rings is 2. The summed E-state index contributed by atoms with van der Waals surface area (Å²) >= 11 is 11.9. The Bertz CT molecular complexity index is 1870. The van der Waals surface area contributed by atoms with Gasteiger partial charge in [-0.1, -0.05) is 68.2 Å². The molecule has 15 heteroatoms. The topological polar surface area (TPSA) is 129 Å². The number of aromatic nitrogens is 2. The lowest BCUT2D eigenvalue weighted by Gasteiger charge is -2.36. The van der Waals surface area contributed by atoms with Crippen LogP contribution >= 0.6 is 35.6 Å². The average Bonchev–Trinajstić information content (AvgIpc) is 3.81. The molecular formula is C44H59Cl3N6O5Si. The van der Waals surface area contributed by atoms with E-state index in [9.17, 15) is 14.7 Å². The van der Waals surface area contributed by atoms with Gasteiger partial charge in [0.05, 0.1) is 12.4 Å². The van der Waals surface area contributed by atoms with Crippen LogP contribution in [0, 0.1) is 0 Å². The Balaban J connectivity index is 0.000000234. The summed E-state index contributed by atoms with van der Waals surface area (Å²) in [5, 5.41) is 16.5. The van der Waals surface area contributed by atoms with Gasteiger partial charge in [-0.3, -0.25) is 10.6 Å². The van der Waals surface area contributed by atoms with E-state index in [0.717, 1.165) is 67.8 Å². The van der Waals surface area contributed by atoms with Crippen LogP contribution in [0.25, 0.3) is 0 Å². The molecule has 3 N–H and O–H groups in total. The average molecular weight is 886 g/mol. The predicted octanol–water partition coefficient (Wildman–Crippen LogP) is 11.6. The molecule has 3 aliphatic heterocycles. The smallest absolute Gasteiger partial charge is 0.323 e. The number of hydrogen-bond donors (Lipinski definition) is 3. The van der Waals surface area contributed by atoms with E-state index in [0.29, 0.717) is 36.6 Å². The Kier molecular flexibility index (Phi) is 18.2. The maximum atomic E-state index is 12.6. The number of likely N-dealkylation sites (tertiary alicyclic amines) is 2. The molecule has 0 saturated carbocycles. The van der Waals surface area contributed by atoms with E-state index in [4.69, 9.17) is 32.4 Å². The van der Waals surface area contributed by atoms with Crippen LogP contribution in [0.15, 0.2) is 85.2 Å². The van der Waals surface area contributed by atoms with Crippen molar-refractivity contribution in [1.82, 2.24) is 19.8 Å². The number of carbonyl (C=O) groups is 2. The van der Waals surface area contributed by atoms with Crippen molar-refractivity contribution in [2.45, 2.75) is 89.3 Å². The molecule has 2 aromatic heterocycles. The third-order valence-corrected chi connectivity index (χ3v) is 16.1. The van der Waals surface area contributed by atoms with Gasteiger partial charge in [0.25, 0.3) is 8.32 Å². The first kappa shape index (κ1) is 47.6. The number of hydrogen-bond acceptors (Lipinski definition) is 7. The molecule has 11 nitrogen and oxygen atoms in total. The van der Waals surface area contributed by atoms with Crippen molar-refractivity contribution in [3.05, 3.63) is 106 Å². The number of benzene rings is 2. The third-order valence-electron chi connectivity index (χ3n) is 11.2. The summed E-state index contributed by atoms with van der Waals surface area (Å²) in [6.07, 6.45) is 9.31. The second kappa shape index (κ2) is 22.5. The Morgan fingerprint density at radius 2 is 1.14 bits per heavy atom. The third kappa shape index (κ3) is 14.9. The first-order valence-electron chi connectivity index (χ1n) is 20.2. The summed E-state index contributed by atoms with van der Waals surface area (Å²) in [4.78, 5) is 36.9. The number of ether oxygens (including phenoxy) is 1. The van der Waals surface area contributed by atoms with Crippen molar-refractivity contribution in [3.8, 4) is 11.5 Å². The summed E-state index contributed by atoms with van der Waals surface area (Å²) in [6.45, 7) is 15.9. The number of pyridine rings is 2. The lowest BCUT2D eigenvalue weighted by molar-refractivity contribution is 0.194. The highest BCUT2D eigenvalue weighted by Crippen LogP contribution is 2.37. The van der Waals surface area contributed by atoms with E-state index in [1.165, 1.54) is 36.2 Å². The maximum Gasteiger partial charge on any atom is 0.323 e. The highest BCUT2D eigenvalue weighted by molar-refractivity contribution is 6.74. The molecule has 2 aromatic carbocycles. The van der Waals surface area contributed by atoms with Crippen LogP contribution in [0.3, 0.4) is 0 Å². The minimum Gasteiger partial charge on any atom is -0.542 e. The first-order chi connectivity index (χ1) is 27.7.